The first-order valence-electron chi connectivity index (χ1n) is 9.47. The number of anilines is 1. The van der Waals surface area contributed by atoms with Gasteiger partial charge in [0.2, 0.25) is 11.0 Å². The number of thiophene rings is 1. The Morgan fingerprint density at radius 2 is 2.04 bits per heavy atom. The van der Waals surface area contributed by atoms with Crippen LogP contribution in [0.3, 0.4) is 0 Å². The van der Waals surface area contributed by atoms with Gasteiger partial charge in [0.15, 0.2) is 0 Å². The molecule has 0 fully saturated rings. The molecule has 1 amide bonds. The molecule has 1 aliphatic rings. The van der Waals surface area contributed by atoms with Crippen molar-refractivity contribution < 1.29 is 4.79 Å². The van der Waals surface area contributed by atoms with Gasteiger partial charge < -0.3 is 5.32 Å². The largest absolute Gasteiger partial charge is 0.310 e. The predicted octanol–water partition coefficient (Wildman–Crippen LogP) is 4.91. The van der Waals surface area contributed by atoms with E-state index < -0.39 is 0 Å². The molecule has 0 saturated carbocycles. The van der Waals surface area contributed by atoms with Crippen LogP contribution < -0.4 is 5.32 Å². The number of carbonyl (C=O) groups is 1. The van der Waals surface area contributed by atoms with Gasteiger partial charge in [0.25, 0.3) is 0 Å². The Bertz CT molecular complexity index is 1110. The van der Waals surface area contributed by atoms with Gasteiger partial charge in [-0.2, -0.15) is 9.78 Å². The van der Waals surface area contributed by atoms with Crippen molar-refractivity contribution in [2.45, 2.75) is 39.0 Å². The molecule has 5 rings (SSSR count). The maximum atomic E-state index is 12.5. The zero-order valence-corrected chi connectivity index (χ0v) is 17.2. The van der Waals surface area contributed by atoms with Gasteiger partial charge in [-0.25, -0.2) is 4.98 Å². The first kappa shape index (κ1) is 17.6. The smallest absolute Gasteiger partial charge is 0.230 e. The van der Waals surface area contributed by atoms with E-state index in [1.165, 1.54) is 28.7 Å². The van der Waals surface area contributed by atoms with Crippen molar-refractivity contribution in [2.75, 3.05) is 5.32 Å². The maximum absolute atomic E-state index is 12.5. The van der Waals surface area contributed by atoms with Gasteiger partial charge in [-0.1, -0.05) is 17.4 Å². The number of rotatable bonds is 4. The van der Waals surface area contributed by atoms with Crippen LogP contribution in [0, 0.1) is 6.92 Å². The molecule has 7 heteroatoms. The Balaban J connectivity index is 1.47. The molecule has 3 aromatic heterocycles. The second kappa shape index (κ2) is 7.14. The lowest BCUT2D eigenvalue weighted by Crippen LogP contribution is -2.16. The summed E-state index contributed by atoms with van der Waals surface area (Å²) < 4.78 is 2.94. The number of nitrogens with zero attached hydrogens (tertiary/aromatic N) is 3. The summed E-state index contributed by atoms with van der Waals surface area (Å²) in [5, 5.41) is 10.4. The highest BCUT2D eigenvalue weighted by Crippen LogP contribution is 2.32. The summed E-state index contributed by atoms with van der Waals surface area (Å²) in [7, 11) is 0. The lowest BCUT2D eigenvalue weighted by Gasteiger charge is -2.14. The number of hydrogen-bond donors (Lipinski definition) is 1. The van der Waals surface area contributed by atoms with Crippen molar-refractivity contribution in [3.63, 3.8) is 0 Å². The molecule has 0 aliphatic heterocycles. The quantitative estimate of drug-likeness (QED) is 0.522. The summed E-state index contributed by atoms with van der Waals surface area (Å²) >= 11 is 3.21. The molecule has 1 aromatic carbocycles. The third kappa shape index (κ3) is 3.36. The van der Waals surface area contributed by atoms with Gasteiger partial charge in [0.1, 0.15) is 5.82 Å². The number of benzene rings is 1. The Kier molecular flexibility index (Phi) is 4.49. The fourth-order valence-corrected chi connectivity index (χ4v) is 5.41. The highest BCUT2D eigenvalue weighted by Gasteiger charge is 2.17. The van der Waals surface area contributed by atoms with E-state index in [0.29, 0.717) is 12.2 Å². The van der Waals surface area contributed by atoms with Crippen molar-refractivity contribution in [3.8, 4) is 5.13 Å². The molecule has 0 bridgehead atoms. The van der Waals surface area contributed by atoms with E-state index in [1.807, 2.05) is 30.5 Å². The van der Waals surface area contributed by atoms with Gasteiger partial charge in [-0.3, -0.25) is 4.79 Å². The average Bonchev–Trinajstić information content (AvgIpc) is 3.39. The monoisotopic (exact) mass is 408 g/mol. The van der Waals surface area contributed by atoms with E-state index >= 15 is 0 Å². The lowest BCUT2D eigenvalue weighted by atomic mass is 9.92. The first-order chi connectivity index (χ1) is 13.7. The Labute approximate surface area is 171 Å². The number of aromatic nitrogens is 3. The second-order valence-corrected chi connectivity index (χ2v) is 9.22. The fraction of sp³-hybridized carbons (Fsp3) is 0.286. The molecule has 142 valence electrons. The van der Waals surface area contributed by atoms with E-state index in [0.717, 1.165) is 34.1 Å². The van der Waals surface area contributed by atoms with Crippen molar-refractivity contribution in [2.24, 2.45) is 0 Å². The van der Waals surface area contributed by atoms with Crippen molar-refractivity contribution in [3.05, 3.63) is 57.4 Å². The Hall–Kier alpha value is -2.51. The summed E-state index contributed by atoms with van der Waals surface area (Å²) in [5.74, 6) is 0.628. The van der Waals surface area contributed by atoms with Crippen LogP contribution in [0.1, 0.15) is 34.5 Å². The van der Waals surface area contributed by atoms with Crippen LogP contribution in [-0.4, -0.2) is 20.7 Å². The number of carbonyl (C=O) groups excluding carboxylic acids is 1. The number of amides is 1. The molecule has 4 aromatic rings. The normalized spacial score (nSPS) is 13.6. The average molecular weight is 409 g/mol. The SMILES string of the molecule is Cc1cc(NC(=O)Cc2cccs2)n(-c2nc3cc4c(cc3s2)CCCC4)n1. The van der Waals surface area contributed by atoms with Crippen molar-refractivity contribution in [1.29, 1.82) is 0 Å². The van der Waals surface area contributed by atoms with Crippen LogP contribution in [-0.2, 0) is 24.1 Å². The summed E-state index contributed by atoms with van der Waals surface area (Å²) in [6.07, 6.45) is 5.19. The molecule has 0 spiro atoms. The number of thiazole rings is 1. The van der Waals surface area contributed by atoms with E-state index in [2.05, 4.69) is 22.5 Å². The number of aryl methyl sites for hydroxylation is 3. The Morgan fingerprint density at radius 3 is 2.82 bits per heavy atom. The third-order valence-electron chi connectivity index (χ3n) is 5.04. The second-order valence-electron chi connectivity index (χ2n) is 7.18. The van der Waals surface area contributed by atoms with E-state index in [9.17, 15) is 4.79 Å². The van der Waals surface area contributed by atoms with Crippen LogP contribution in [0.15, 0.2) is 35.7 Å². The van der Waals surface area contributed by atoms with Crippen LogP contribution in [0.2, 0.25) is 0 Å². The van der Waals surface area contributed by atoms with E-state index in [1.54, 1.807) is 27.4 Å². The zero-order chi connectivity index (χ0) is 19.1. The van der Waals surface area contributed by atoms with Gasteiger partial charge in [-0.05, 0) is 67.3 Å². The topological polar surface area (TPSA) is 59.8 Å². The molecule has 0 unspecified atom stereocenters. The van der Waals surface area contributed by atoms with E-state index in [4.69, 9.17) is 4.98 Å². The van der Waals surface area contributed by atoms with Crippen LogP contribution in [0.5, 0.6) is 0 Å². The summed E-state index contributed by atoms with van der Waals surface area (Å²) in [6.45, 7) is 1.93. The number of fused-ring (bicyclic) bond motifs is 2. The molecule has 5 nitrogen and oxygen atoms in total. The Morgan fingerprint density at radius 1 is 1.21 bits per heavy atom. The van der Waals surface area contributed by atoms with Gasteiger partial charge >= 0.3 is 0 Å². The van der Waals surface area contributed by atoms with Crippen LogP contribution >= 0.6 is 22.7 Å². The molecule has 0 atom stereocenters. The van der Waals surface area contributed by atoms with Crippen molar-refractivity contribution in [1.82, 2.24) is 14.8 Å². The van der Waals surface area contributed by atoms with Crippen LogP contribution in [0.25, 0.3) is 15.3 Å². The molecular formula is C21H20N4OS2. The molecule has 1 N–H and O–H groups in total. The molecule has 3 heterocycles. The molecular weight excluding hydrogens is 388 g/mol. The van der Waals surface area contributed by atoms with Gasteiger partial charge in [-0.15, -0.1) is 11.3 Å². The highest BCUT2D eigenvalue weighted by atomic mass is 32.1. The van der Waals surface area contributed by atoms with Gasteiger partial charge in [0.05, 0.1) is 22.3 Å². The minimum Gasteiger partial charge on any atom is -0.310 e. The third-order valence-corrected chi connectivity index (χ3v) is 6.91. The summed E-state index contributed by atoms with van der Waals surface area (Å²) in [6, 6.07) is 10.3. The predicted molar refractivity (Wildman–Crippen MR) is 115 cm³/mol. The minimum absolute atomic E-state index is 0.0415. The molecule has 0 radical (unpaired) electrons. The maximum Gasteiger partial charge on any atom is 0.230 e. The number of nitrogens with one attached hydrogen (secondary N) is 1. The molecule has 28 heavy (non-hydrogen) atoms. The first-order valence-corrected chi connectivity index (χ1v) is 11.2. The van der Waals surface area contributed by atoms with E-state index in [-0.39, 0.29) is 5.91 Å². The van der Waals surface area contributed by atoms with Gasteiger partial charge in [0, 0.05) is 10.9 Å². The highest BCUT2D eigenvalue weighted by molar-refractivity contribution is 7.20. The number of hydrogen-bond acceptors (Lipinski definition) is 5. The summed E-state index contributed by atoms with van der Waals surface area (Å²) in [5.41, 5.74) is 4.75. The standard InChI is InChI=1S/C21H20N4OS2/c1-13-9-19(23-20(26)12-16-7-4-8-27-16)25(24-13)21-22-17-10-14-5-2-3-6-15(14)11-18(17)28-21/h4,7-11H,2-3,5-6,12H2,1H3,(H,23,26). The summed E-state index contributed by atoms with van der Waals surface area (Å²) in [4.78, 5) is 18.3. The molecule has 1 aliphatic carbocycles. The molecule has 0 saturated heterocycles. The fourth-order valence-electron chi connectivity index (χ4n) is 3.73. The zero-order valence-electron chi connectivity index (χ0n) is 15.6. The van der Waals surface area contributed by atoms with Crippen molar-refractivity contribution >= 4 is 44.6 Å². The minimum atomic E-state index is -0.0415. The lowest BCUT2D eigenvalue weighted by molar-refractivity contribution is -0.115. The van der Waals surface area contributed by atoms with Crippen LogP contribution in [0.4, 0.5) is 5.82 Å².